The zero-order valence-electron chi connectivity index (χ0n) is 16.8. The smallest absolute Gasteiger partial charge is 0.407 e. The third kappa shape index (κ3) is 7.58. The highest BCUT2D eigenvalue weighted by Crippen LogP contribution is 2.12. The Kier molecular flexibility index (Phi) is 7.84. The van der Waals surface area contributed by atoms with Crippen LogP contribution in [-0.2, 0) is 17.7 Å². The van der Waals surface area contributed by atoms with Crippen molar-refractivity contribution in [2.24, 2.45) is 0 Å². The highest BCUT2D eigenvalue weighted by molar-refractivity contribution is 5.68. The van der Waals surface area contributed by atoms with Crippen LogP contribution in [0.4, 0.5) is 10.5 Å². The molecular formula is C22H31N3O3. The molecule has 0 bridgehead atoms. The van der Waals surface area contributed by atoms with Crippen LogP contribution in [0.1, 0.15) is 31.9 Å². The van der Waals surface area contributed by atoms with Crippen LogP contribution >= 0.6 is 0 Å². The number of amides is 1. The first kappa shape index (κ1) is 21.7. The minimum absolute atomic E-state index is 0.307. The minimum atomic E-state index is -0.794. The van der Waals surface area contributed by atoms with E-state index in [9.17, 15) is 9.90 Å². The molecule has 0 fully saturated rings. The molecule has 0 aliphatic heterocycles. The second kappa shape index (κ2) is 10.1. The van der Waals surface area contributed by atoms with Crippen LogP contribution in [0.15, 0.2) is 54.6 Å². The Morgan fingerprint density at radius 3 is 2.39 bits per heavy atom. The molecule has 0 aliphatic carbocycles. The number of benzene rings is 2. The summed E-state index contributed by atoms with van der Waals surface area (Å²) in [7, 11) is 0. The number of ether oxygens (including phenoxy) is 1. The number of nitrogens with one attached hydrogen (secondary N) is 2. The summed E-state index contributed by atoms with van der Waals surface area (Å²) in [4.78, 5) is 12.2. The van der Waals surface area contributed by atoms with Gasteiger partial charge < -0.3 is 26.2 Å². The maximum atomic E-state index is 12.2. The van der Waals surface area contributed by atoms with Gasteiger partial charge in [0, 0.05) is 18.8 Å². The van der Waals surface area contributed by atoms with Crippen molar-refractivity contribution in [3.8, 4) is 0 Å². The van der Waals surface area contributed by atoms with Gasteiger partial charge in [-0.05, 0) is 44.4 Å². The Labute approximate surface area is 167 Å². The predicted octanol–water partition coefficient (Wildman–Crippen LogP) is 2.86. The van der Waals surface area contributed by atoms with Gasteiger partial charge in [0.2, 0.25) is 0 Å². The molecule has 152 valence electrons. The lowest BCUT2D eigenvalue weighted by Gasteiger charge is -2.27. The average Bonchev–Trinajstić information content (AvgIpc) is 2.62. The third-order valence-corrected chi connectivity index (χ3v) is 4.19. The van der Waals surface area contributed by atoms with Gasteiger partial charge in [0.05, 0.1) is 12.1 Å². The highest BCUT2D eigenvalue weighted by atomic mass is 16.6. The molecule has 6 heteroatoms. The molecule has 6 nitrogen and oxygen atoms in total. The maximum absolute atomic E-state index is 12.2. The van der Waals surface area contributed by atoms with Gasteiger partial charge in [-0.25, -0.2) is 4.79 Å². The third-order valence-electron chi connectivity index (χ3n) is 4.19. The van der Waals surface area contributed by atoms with Crippen LogP contribution in [0.25, 0.3) is 0 Å². The zero-order chi connectivity index (χ0) is 20.6. The molecule has 0 saturated heterocycles. The number of carbonyl (C=O) groups is 1. The van der Waals surface area contributed by atoms with Crippen LogP contribution in [0, 0.1) is 0 Å². The van der Waals surface area contributed by atoms with Crippen LogP contribution in [-0.4, -0.2) is 35.5 Å². The number of nitrogens with two attached hydrogens (primary N) is 1. The Morgan fingerprint density at radius 2 is 1.75 bits per heavy atom. The van der Waals surface area contributed by atoms with E-state index in [2.05, 4.69) is 10.6 Å². The van der Waals surface area contributed by atoms with Crippen molar-refractivity contribution in [2.45, 2.75) is 51.5 Å². The number of alkyl carbamates (subject to hydrolysis) is 1. The Bertz CT molecular complexity index is 744. The van der Waals surface area contributed by atoms with E-state index >= 15 is 0 Å². The Morgan fingerprint density at radius 1 is 1.11 bits per heavy atom. The summed E-state index contributed by atoms with van der Waals surface area (Å²) in [6.07, 6.45) is -0.839. The van der Waals surface area contributed by atoms with Gasteiger partial charge >= 0.3 is 6.09 Å². The summed E-state index contributed by atoms with van der Waals surface area (Å²) >= 11 is 0. The quantitative estimate of drug-likeness (QED) is 0.524. The van der Waals surface area contributed by atoms with Gasteiger partial charge in [-0.15, -0.1) is 0 Å². The molecule has 0 heterocycles. The molecule has 0 radical (unpaired) electrons. The minimum Gasteiger partial charge on any atom is -0.444 e. The van der Waals surface area contributed by atoms with Crippen molar-refractivity contribution in [3.05, 3.63) is 65.7 Å². The first-order valence-corrected chi connectivity index (χ1v) is 9.50. The van der Waals surface area contributed by atoms with Crippen molar-refractivity contribution in [3.63, 3.8) is 0 Å². The van der Waals surface area contributed by atoms with E-state index < -0.39 is 23.8 Å². The molecule has 2 rings (SSSR count). The topological polar surface area (TPSA) is 96.6 Å². The Balaban J connectivity index is 1.98. The van der Waals surface area contributed by atoms with E-state index in [1.807, 2.05) is 54.6 Å². The lowest BCUT2D eigenvalue weighted by atomic mass is 10.0. The average molecular weight is 386 g/mol. The first-order chi connectivity index (χ1) is 13.2. The first-order valence-electron chi connectivity index (χ1n) is 9.50. The number of rotatable bonds is 8. The number of para-hydroxylation sites is 1. The largest absolute Gasteiger partial charge is 0.444 e. The lowest BCUT2D eigenvalue weighted by Crippen LogP contribution is -2.49. The number of nitrogen functional groups attached to an aromatic ring is 1. The van der Waals surface area contributed by atoms with Crippen molar-refractivity contribution in [1.82, 2.24) is 10.6 Å². The van der Waals surface area contributed by atoms with Crippen LogP contribution in [0.3, 0.4) is 0 Å². The van der Waals surface area contributed by atoms with Gasteiger partial charge in [0.15, 0.2) is 0 Å². The fraction of sp³-hybridized carbons (Fsp3) is 0.409. The lowest BCUT2D eigenvalue weighted by molar-refractivity contribution is 0.0422. The van der Waals surface area contributed by atoms with E-state index in [-0.39, 0.29) is 0 Å². The normalized spacial score (nSPS) is 13.6. The van der Waals surface area contributed by atoms with Crippen molar-refractivity contribution in [2.75, 3.05) is 12.3 Å². The molecule has 0 saturated carbocycles. The highest BCUT2D eigenvalue weighted by Gasteiger charge is 2.24. The molecule has 2 aromatic rings. The van der Waals surface area contributed by atoms with Gasteiger partial charge in [-0.3, -0.25) is 0 Å². The summed E-state index contributed by atoms with van der Waals surface area (Å²) in [5.74, 6) is 0. The predicted molar refractivity (Wildman–Crippen MR) is 112 cm³/mol. The zero-order valence-corrected chi connectivity index (χ0v) is 16.8. The molecule has 0 unspecified atom stereocenters. The molecule has 1 amide bonds. The molecule has 2 aromatic carbocycles. The van der Waals surface area contributed by atoms with E-state index in [1.54, 1.807) is 20.8 Å². The fourth-order valence-corrected chi connectivity index (χ4v) is 2.80. The Hall–Kier alpha value is -2.57. The van der Waals surface area contributed by atoms with E-state index in [0.717, 1.165) is 11.1 Å². The van der Waals surface area contributed by atoms with E-state index in [0.29, 0.717) is 25.2 Å². The van der Waals surface area contributed by atoms with Gasteiger partial charge in [0.25, 0.3) is 0 Å². The second-order valence-corrected chi connectivity index (χ2v) is 7.84. The van der Waals surface area contributed by atoms with Gasteiger partial charge in [-0.2, -0.15) is 0 Å². The van der Waals surface area contributed by atoms with Crippen LogP contribution in [0.2, 0.25) is 0 Å². The fourth-order valence-electron chi connectivity index (χ4n) is 2.80. The number of aliphatic hydroxyl groups is 1. The van der Waals surface area contributed by atoms with Gasteiger partial charge in [-0.1, -0.05) is 48.5 Å². The van der Waals surface area contributed by atoms with E-state index in [4.69, 9.17) is 10.5 Å². The summed E-state index contributed by atoms with van der Waals surface area (Å²) < 4.78 is 5.35. The number of hydrogen-bond donors (Lipinski definition) is 4. The van der Waals surface area contributed by atoms with E-state index in [1.165, 1.54) is 0 Å². The summed E-state index contributed by atoms with van der Waals surface area (Å²) in [6.45, 7) is 6.26. The summed E-state index contributed by atoms with van der Waals surface area (Å²) in [6, 6.07) is 16.8. The van der Waals surface area contributed by atoms with Gasteiger partial charge in [0.1, 0.15) is 5.60 Å². The van der Waals surface area contributed by atoms with Crippen molar-refractivity contribution >= 4 is 11.8 Å². The number of hydrogen-bond acceptors (Lipinski definition) is 5. The number of anilines is 1. The molecule has 0 spiro atoms. The maximum Gasteiger partial charge on any atom is 0.407 e. The molecule has 28 heavy (non-hydrogen) atoms. The molecule has 5 N–H and O–H groups in total. The standard InChI is InChI=1S/C22H31N3O3/c1-22(2,3)28-21(27)25-19(13-16-9-5-4-6-10-16)20(26)15-24-14-17-11-7-8-12-18(17)23/h4-12,19-20,24,26H,13-15,23H2,1-3H3,(H,25,27)/t19-,20+/m0/s1. The SMILES string of the molecule is CC(C)(C)OC(=O)N[C@@H](Cc1ccccc1)[C@H](O)CNCc1ccccc1N. The molecular weight excluding hydrogens is 354 g/mol. The summed E-state index contributed by atoms with van der Waals surface area (Å²) in [5.41, 5.74) is 8.04. The number of aliphatic hydroxyl groups excluding tert-OH is 1. The molecule has 2 atom stereocenters. The summed E-state index contributed by atoms with van der Waals surface area (Å²) in [5, 5.41) is 16.7. The monoisotopic (exact) mass is 385 g/mol. The van der Waals surface area contributed by atoms with Crippen LogP contribution in [0.5, 0.6) is 0 Å². The van der Waals surface area contributed by atoms with Crippen molar-refractivity contribution < 1.29 is 14.6 Å². The number of carbonyl (C=O) groups excluding carboxylic acids is 1. The van der Waals surface area contributed by atoms with Crippen molar-refractivity contribution in [1.29, 1.82) is 0 Å². The van der Waals surface area contributed by atoms with Crippen LogP contribution < -0.4 is 16.4 Å². The second-order valence-electron chi connectivity index (χ2n) is 7.84. The molecule has 0 aliphatic rings. The molecule has 0 aromatic heterocycles.